The van der Waals surface area contributed by atoms with E-state index in [1.807, 2.05) is 6.92 Å². The van der Waals surface area contributed by atoms with E-state index in [1.165, 1.54) is 36.5 Å². The first kappa shape index (κ1) is 16.3. The van der Waals surface area contributed by atoms with Gasteiger partial charge in [0, 0.05) is 11.6 Å². The number of thiazole rings is 1. The van der Waals surface area contributed by atoms with Crippen molar-refractivity contribution in [1.29, 1.82) is 0 Å². The summed E-state index contributed by atoms with van der Waals surface area (Å²) in [5.74, 6) is 0. The monoisotopic (exact) mass is 363 g/mol. The molecule has 7 nitrogen and oxygen atoms in total. The van der Waals surface area contributed by atoms with Crippen molar-refractivity contribution in [2.24, 2.45) is 0 Å². The first-order valence-electron chi connectivity index (χ1n) is 6.92. The van der Waals surface area contributed by atoms with Crippen LogP contribution < -0.4 is 4.72 Å². The third-order valence-electron chi connectivity index (χ3n) is 3.49. The molecule has 0 fully saturated rings. The number of anilines is 1. The predicted octanol–water partition coefficient (Wildman–Crippen LogP) is 3.62. The van der Waals surface area contributed by atoms with Gasteiger partial charge in [-0.25, -0.2) is 13.4 Å². The zero-order valence-electron chi connectivity index (χ0n) is 12.8. The normalized spacial score (nSPS) is 11.6. The Labute approximate surface area is 142 Å². The SMILES string of the molecule is Cc1nc2ccc(NS(=O)(=O)c3cccc([N+](=O)[O-])c3C)cc2s1. The summed E-state index contributed by atoms with van der Waals surface area (Å²) in [5.41, 5.74) is 1.06. The Morgan fingerprint density at radius 2 is 1.96 bits per heavy atom. The summed E-state index contributed by atoms with van der Waals surface area (Å²) in [6, 6.07) is 9.03. The van der Waals surface area contributed by atoms with Crippen molar-refractivity contribution in [3.05, 3.63) is 57.1 Å². The Bertz CT molecular complexity index is 1060. The zero-order valence-corrected chi connectivity index (χ0v) is 14.4. The van der Waals surface area contributed by atoms with Crippen LogP contribution in [-0.2, 0) is 10.0 Å². The molecular weight excluding hydrogens is 350 g/mol. The number of hydrogen-bond acceptors (Lipinski definition) is 6. The van der Waals surface area contributed by atoms with Crippen LogP contribution in [0, 0.1) is 24.0 Å². The second-order valence-corrected chi connectivity index (χ2v) is 8.06. The lowest BCUT2D eigenvalue weighted by Gasteiger charge is -2.10. The van der Waals surface area contributed by atoms with Crippen LogP contribution >= 0.6 is 11.3 Å². The predicted molar refractivity (Wildman–Crippen MR) is 93.0 cm³/mol. The minimum atomic E-state index is -3.93. The summed E-state index contributed by atoms with van der Waals surface area (Å²) in [7, 11) is -3.93. The van der Waals surface area contributed by atoms with Gasteiger partial charge in [-0.2, -0.15) is 0 Å². The first-order chi connectivity index (χ1) is 11.3. The van der Waals surface area contributed by atoms with E-state index in [1.54, 1.807) is 18.2 Å². The van der Waals surface area contributed by atoms with Gasteiger partial charge < -0.3 is 0 Å². The van der Waals surface area contributed by atoms with Gasteiger partial charge in [-0.3, -0.25) is 14.8 Å². The summed E-state index contributed by atoms with van der Waals surface area (Å²) >= 11 is 1.46. The van der Waals surface area contributed by atoms with Crippen LogP contribution in [-0.4, -0.2) is 18.3 Å². The van der Waals surface area contributed by atoms with Gasteiger partial charge in [0.2, 0.25) is 0 Å². The van der Waals surface area contributed by atoms with Crippen LogP contribution in [0.5, 0.6) is 0 Å². The molecular formula is C15H13N3O4S2. The molecule has 0 radical (unpaired) electrons. The maximum absolute atomic E-state index is 12.6. The fourth-order valence-electron chi connectivity index (χ4n) is 2.41. The largest absolute Gasteiger partial charge is 0.280 e. The van der Waals surface area contributed by atoms with Crippen molar-refractivity contribution >= 4 is 43.0 Å². The Balaban J connectivity index is 2.01. The molecule has 0 atom stereocenters. The average molecular weight is 363 g/mol. The second-order valence-electron chi connectivity index (χ2n) is 5.18. The third kappa shape index (κ3) is 2.95. The summed E-state index contributed by atoms with van der Waals surface area (Å²) in [6.45, 7) is 3.30. The fraction of sp³-hybridized carbons (Fsp3) is 0.133. The van der Waals surface area contributed by atoms with Crippen LogP contribution in [0.4, 0.5) is 11.4 Å². The van der Waals surface area contributed by atoms with Crippen LogP contribution in [0.2, 0.25) is 0 Å². The van der Waals surface area contributed by atoms with Crippen molar-refractivity contribution in [3.8, 4) is 0 Å². The van der Waals surface area contributed by atoms with E-state index in [2.05, 4.69) is 9.71 Å². The highest BCUT2D eigenvalue weighted by Gasteiger charge is 2.23. The van der Waals surface area contributed by atoms with E-state index < -0.39 is 14.9 Å². The van der Waals surface area contributed by atoms with Crippen molar-refractivity contribution in [1.82, 2.24) is 4.98 Å². The number of fused-ring (bicyclic) bond motifs is 1. The van der Waals surface area contributed by atoms with Gasteiger partial charge in [0.1, 0.15) is 0 Å². The van der Waals surface area contributed by atoms with Crippen molar-refractivity contribution in [3.63, 3.8) is 0 Å². The first-order valence-corrected chi connectivity index (χ1v) is 9.22. The molecule has 9 heteroatoms. The van der Waals surface area contributed by atoms with Gasteiger partial charge in [0.05, 0.1) is 30.7 Å². The lowest BCUT2D eigenvalue weighted by atomic mass is 10.2. The standard InChI is InChI=1S/C15H13N3O4S2/c1-9-13(18(19)20)4-3-5-15(9)24(21,22)17-11-6-7-12-14(8-11)23-10(2)16-12/h3-8,17H,1-2H3. The number of aromatic nitrogens is 1. The molecule has 1 aromatic heterocycles. The van der Waals surface area contributed by atoms with E-state index in [4.69, 9.17) is 0 Å². The average Bonchev–Trinajstić information content (AvgIpc) is 2.85. The molecule has 1 heterocycles. The van der Waals surface area contributed by atoms with E-state index in [9.17, 15) is 18.5 Å². The second kappa shape index (κ2) is 5.84. The molecule has 0 amide bonds. The summed E-state index contributed by atoms with van der Waals surface area (Å²) in [6.07, 6.45) is 0. The van der Waals surface area contributed by atoms with Gasteiger partial charge >= 0.3 is 0 Å². The minimum absolute atomic E-state index is 0.102. The number of nitrogens with zero attached hydrogens (tertiary/aromatic N) is 2. The number of nitro benzene ring substituents is 1. The van der Waals surface area contributed by atoms with Crippen LogP contribution in [0.3, 0.4) is 0 Å². The molecule has 0 spiro atoms. The van der Waals surface area contributed by atoms with Crippen LogP contribution in [0.25, 0.3) is 10.2 Å². The highest BCUT2D eigenvalue weighted by atomic mass is 32.2. The van der Waals surface area contributed by atoms with Crippen molar-refractivity contribution in [2.45, 2.75) is 18.7 Å². The highest BCUT2D eigenvalue weighted by Crippen LogP contribution is 2.29. The Hall–Kier alpha value is -2.52. The zero-order chi connectivity index (χ0) is 17.5. The lowest BCUT2D eigenvalue weighted by Crippen LogP contribution is -2.14. The molecule has 0 aliphatic carbocycles. The molecule has 0 aliphatic heterocycles. The van der Waals surface area contributed by atoms with Gasteiger partial charge in [0.25, 0.3) is 15.7 Å². The number of rotatable bonds is 4. The topological polar surface area (TPSA) is 102 Å². The minimum Gasteiger partial charge on any atom is -0.280 e. The number of aryl methyl sites for hydroxylation is 1. The molecule has 0 aliphatic rings. The van der Waals surface area contributed by atoms with E-state index in [0.717, 1.165) is 15.2 Å². The molecule has 124 valence electrons. The van der Waals surface area contributed by atoms with E-state index in [-0.39, 0.29) is 16.1 Å². The quantitative estimate of drug-likeness (QED) is 0.563. The molecule has 0 saturated heterocycles. The highest BCUT2D eigenvalue weighted by molar-refractivity contribution is 7.92. The number of hydrogen-bond donors (Lipinski definition) is 1. The van der Waals surface area contributed by atoms with Gasteiger partial charge in [-0.05, 0) is 38.1 Å². The molecule has 0 unspecified atom stereocenters. The number of sulfonamides is 1. The van der Waals surface area contributed by atoms with Crippen LogP contribution in [0.15, 0.2) is 41.3 Å². The summed E-state index contributed by atoms with van der Waals surface area (Å²) in [5, 5.41) is 11.9. The van der Waals surface area contributed by atoms with Crippen molar-refractivity contribution < 1.29 is 13.3 Å². The molecule has 0 bridgehead atoms. The maximum atomic E-state index is 12.6. The van der Waals surface area contributed by atoms with Gasteiger partial charge in [-0.1, -0.05) is 6.07 Å². The maximum Gasteiger partial charge on any atom is 0.273 e. The van der Waals surface area contributed by atoms with Crippen LogP contribution in [0.1, 0.15) is 10.6 Å². The molecule has 0 saturated carbocycles. The van der Waals surface area contributed by atoms with Gasteiger partial charge in [0.15, 0.2) is 0 Å². The summed E-state index contributed by atoms with van der Waals surface area (Å²) in [4.78, 5) is 14.6. The Morgan fingerprint density at radius 1 is 1.21 bits per heavy atom. The Morgan fingerprint density at radius 3 is 2.67 bits per heavy atom. The van der Waals surface area contributed by atoms with E-state index in [0.29, 0.717) is 5.69 Å². The third-order valence-corrected chi connectivity index (χ3v) is 5.95. The van der Waals surface area contributed by atoms with Gasteiger partial charge in [-0.15, -0.1) is 11.3 Å². The smallest absolute Gasteiger partial charge is 0.273 e. The number of benzene rings is 2. The number of nitrogens with one attached hydrogen (secondary N) is 1. The molecule has 1 N–H and O–H groups in total. The lowest BCUT2D eigenvalue weighted by molar-refractivity contribution is -0.385. The van der Waals surface area contributed by atoms with Crippen molar-refractivity contribution in [2.75, 3.05) is 4.72 Å². The Kier molecular flexibility index (Phi) is 3.98. The molecule has 3 rings (SSSR count). The molecule has 24 heavy (non-hydrogen) atoms. The number of nitro groups is 1. The summed E-state index contributed by atoms with van der Waals surface area (Å²) < 4.78 is 28.5. The fourth-order valence-corrected chi connectivity index (χ4v) is 4.58. The molecule has 2 aromatic carbocycles. The van der Waals surface area contributed by atoms with E-state index >= 15 is 0 Å². The molecule has 3 aromatic rings.